The molecule has 1 aromatic heterocycles. The molecule has 5 amide bonds. The molecule has 0 aliphatic heterocycles. The van der Waals surface area contributed by atoms with Gasteiger partial charge in [0.25, 0.3) is 0 Å². The number of carbonyl (C=O) groups is 6. The largest absolute Gasteiger partial charge is 0.508 e. The monoisotopic (exact) mass is 949 g/mol. The van der Waals surface area contributed by atoms with Crippen molar-refractivity contribution in [2.24, 2.45) is 17.2 Å². The van der Waals surface area contributed by atoms with Crippen LogP contribution in [0.1, 0.15) is 60.8 Å². The van der Waals surface area contributed by atoms with E-state index in [9.17, 15) is 49.2 Å². The fourth-order valence-electron chi connectivity index (χ4n) is 7.74. The van der Waals surface area contributed by atoms with Gasteiger partial charge >= 0.3 is 5.97 Å². The molecule has 0 bridgehead atoms. The number of aliphatic carboxylic acids is 1. The van der Waals surface area contributed by atoms with E-state index in [-0.39, 0.29) is 55.8 Å². The second-order valence-electron chi connectivity index (χ2n) is 17.0. The van der Waals surface area contributed by atoms with Crippen LogP contribution < -0.4 is 43.8 Å². The van der Waals surface area contributed by atoms with Crippen molar-refractivity contribution in [1.29, 1.82) is 0 Å². The van der Waals surface area contributed by atoms with E-state index in [4.69, 9.17) is 17.2 Å². The highest BCUT2D eigenvalue weighted by atomic mass is 16.4. The number of fused-ring (bicyclic) bond motifs is 1. The summed E-state index contributed by atoms with van der Waals surface area (Å²) >= 11 is 0. The van der Waals surface area contributed by atoms with Gasteiger partial charge < -0.3 is 69.2 Å². The molecule has 0 saturated carbocycles. The van der Waals surface area contributed by atoms with Gasteiger partial charge in [-0.1, -0.05) is 54.6 Å². The van der Waals surface area contributed by atoms with E-state index < -0.39 is 71.8 Å². The number of carboxylic acid groups (broad SMARTS) is 1. The smallest absolute Gasteiger partial charge is 0.326 e. The van der Waals surface area contributed by atoms with Crippen LogP contribution in [0.2, 0.25) is 0 Å². The molecule has 0 fully saturated rings. The van der Waals surface area contributed by atoms with E-state index in [1.807, 2.05) is 24.3 Å². The maximum absolute atomic E-state index is 14.6. The van der Waals surface area contributed by atoms with Gasteiger partial charge in [0.05, 0.1) is 6.04 Å². The molecule has 69 heavy (non-hydrogen) atoms. The number of phenolic OH excluding ortho intramolecular Hbond substituents is 3. The molecule has 6 atom stereocenters. The lowest BCUT2D eigenvalue weighted by atomic mass is 10.00. The minimum Gasteiger partial charge on any atom is -0.508 e. The number of hydrogen-bond donors (Lipinski definition) is 13. The summed E-state index contributed by atoms with van der Waals surface area (Å²) in [6, 6.07) is 17.6. The molecule has 0 unspecified atom stereocenters. The SMILES string of the molecule is NCCCC[C@H](NC(=O)[C@H](CCCCN)NC(=O)[C@H](Cc1ccc(O)cc1)NC(=O)[C@H](Cc1ccc(O)cc1)NC(=O)[C@H](Cc1ccc(O)cc1)NC(=O)[C@@H](N)Cc1c[nH]c2ccccc12)C(=O)O. The Morgan fingerprint density at radius 1 is 0.478 bits per heavy atom. The lowest BCUT2D eigenvalue weighted by Crippen LogP contribution is -2.60. The number of carbonyl (C=O) groups excluding carboxylic acids is 5. The van der Waals surface area contributed by atoms with E-state index in [1.54, 1.807) is 42.6 Å². The van der Waals surface area contributed by atoms with Gasteiger partial charge in [0, 0.05) is 36.4 Å². The Balaban J connectivity index is 1.43. The number of unbranched alkanes of at least 4 members (excludes halogenated alkanes) is 2. The molecule has 368 valence electrons. The number of amides is 5. The minimum absolute atomic E-state index is 0.0219. The first-order chi connectivity index (χ1) is 33.1. The van der Waals surface area contributed by atoms with Crippen molar-refractivity contribution in [3.05, 3.63) is 126 Å². The molecule has 0 saturated heterocycles. The van der Waals surface area contributed by atoms with Crippen LogP contribution in [-0.2, 0) is 54.5 Å². The number of phenols is 3. The number of hydrogen-bond acceptors (Lipinski definition) is 12. The maximum Gasteiger partial charge on any atom is 0.326 e. The quantitative estimate of drug-likeness (QED) is 0.0334. The van der Waals surface area contributed by atoms with Gasteiger partial charge in [-0.05, 0) is 123 Å². The summed E-state index contributed by atoms with van der Waals surface area (Å²) < 4.78 is 0. The normalized spacial score (nSPS) is 13.8. The van der Waals surface area contributed by atoms with Crippen molar-refractivity contribution in [2.75, 3.05) is 13.1 Å². The zero-order valence-electron chi connectivity index (χ0n) is 38.2. The molecule has 19 heteroatoms. The third kappa shape index (κ3) is 16.4. The number of aromatic amines is 1. The van der Waals surface area contributed by atoms with Gasteiger partial charge in [-0.2, -0.15) is 0 Å². The van der Waals surface area contributed by atoms with E-state index in [0.717, 1.165) is 16.5 Å². The van der Waals surface area contributed by atoms with Gasteiger partial charge in [-0.15, -0.1) is 0 Å². The van der Waals surface area contributed by atoms with Crippen molar-refractivity contribution in [3.8, 4) is 17.2 Å². The third-order valence-corrected chi connectivity index (χ3v) is 11.6. The number of nitrogens with two attached hydrogens (primary N) is 3. The van der Waals surface area contributed by atoms with Crippen molar-refractivity contribution >= 4 is 46.4 Å². The predicted molar refractivity (Wildman–Crippen MR) is 259 cm³/mol. The van der Waals surface area contributed by atoms with Crippen molar-refractivity contribution in [1.82, 2.24) is 31.6 Å². The molecule has 0 spiro atoms. The number of benzene rings is 4. The summed E-state index contributed by atoms with van der Waals surface area (Å²) in [5, 5.41) is 54.2. The first kappa shape index (κ1) is 52.5. The second-order valence-corrected chi connectivity index (χ2v) is 17.0. The van der Waals surface area contributed by atoms with Gasteiger partial charge in [0.1, 0.15) is 47.5 Å². The highest BCUT2D eigenvalue weighted by molar-refractivity contribution is 5.97. The molecule has 0 aliphatic carbocycles. The topological polar surface area (TPSA) is 337 Å². The summed E-state index contributed by atoms with van der Waals surface area (Å²) in [4.78, 5) is 86.2. The summed E-state index contributed by atoms with van der Waals surface area (Å²) in [5.41, 5.74) is 21.0. The molecule has 0 radical (unpaired) electrons. The lowest BCUT2D eigenvalue weighted by Gasteiger charge is -2.27. The number of aromatic nitrogens is 1. The number of para-hydroxylation sites is 1. The van der Waals surface area contributed by atoms with E-state index >= 15 is 0 Å². The highest BCUT2D eigenvalue weighted by Gasteiger charge is 2.33. The lowest BCUT2D eigenvalue weighted by molar-refractivity contribution is -0.142. The second kappa shape index (κ2) is 26.2. The average molecular weight is 950 g/mol. The van der Waals surface area contributed by atoms with Crippen LogP contribution in [0.15, 0.2) is 103 Å². The molecule has 16 N–H and O–H groups in total. The number of carboxylic acids is 1. The Morgan fingerprint density at radius 3 is 1.29 bits per heavy atom. The predicted octanol–water partition coefficient (Wildman–Crippen LogP) is 1.65. The number of rotatable bonds is 27. The molecule has 5 rings (SSSR count). The van der Waals surface area contributed by atoms with Crippen molar-refractivity contribution in [3.63, 3.8) is 0 Å². The summed E-state index contributed by atoms with van der Waals surface area (Å²) in [7, 11) is 0. The van der Waals surface area contributed by atoms with Gasteiger partial charge in [-0.3, -0.25) is 24.0 Å². The van der Waals surface area contributed by atoms with Crippen LogP contribution >= 0.6 is 0 Å². The Kier molecular flexibility index (Phi) is 19.9. The molecule has 0 aliphatic rings. The summed E-state index contributed by atoms with van der Waals surface area (Å²) in [6.45, 7) is 0.633. The zero-order valence-corrected chi connectivity index (χ0v) is 38.2. The van der Waals surface area contributed by atoms with E-state index in [2.05, 4.69) is 31.6 Å². The summed E-state index contributed by atoms with van der Waals surface area (Å²) in [6.07, 6.45) is 3.55. The first-order valence-corrected chi connectivity index (χ1v) is 22.9. The summed E-state index contributed by atoms with van der Waals surface area (Å²) in [5.74, 6) is -5.22. The third-order valence-electron chi connectivity index (χ3n) is 11.6. The van der Waals surface area contributed by atoms with Gasteiger partial charge in [-0.25, -0.2) is 4.79 Å². The average Bonchev–Trinajstić information content (AvgIpc) is 3.74. The molecule has 5 aromatic rings. The van der Waals surface area contributed by atoms with Crippen molar-refractivity contribution in [2.45, 2.75) is 100 Å². The first-order valence-electron chi connectivity index (χ1n) is 22.9. The molecule has 19 nitrogen and oxygen atoms in total. The molecular formula is C50H63N9O10. The van der Waals surface area contributed by atoms with E-state index in [1.165, 1.54) is 36.4 Å². The van der Waals surface area contributed by atoms with Crippen LogP contribution in [0.5, 0.6) is 17.2 Å². The number of aromatic hydroxyl groups is 3. The fraction of sp³-hybridized carbons (Fsp3) is 0.360. The molecular weight excluding hydrogens is 887 g/mol. The number of H-pyrrole nitrogens is 1. The van der Waals surface area contributed by atoms with Gasteiger partial charge in [0.15, 0.2) is 0 Å². The highest BCUT2D eigenvalue weighted by Crippen LogP contribution is 2.20. The Hall–Kier alpha value is -7.48. The Morgan fingerprint density at radius 2 is 0.855 bits per heavy atom. The zero-order chi connectivity index (χ0) is 49.9. The molecule has 4 aromatic carbocycles. The van der Waals surface area contributed by atoms with Gasteiger partial charge in [0.2, 0.25) is 29.5 Å². The standard InChI is InChI=1S/C50H63N9O10/c51-23-5-3-9-40(46(64)56-41(50(68)69)10-4-6-24-52)55-47(65)43(26-31-13-19-35(61)20-14-31)58-49(67)44(27-32-15-21-36(62)22-16-32)59-48(66)42(25-30-11-17-34(60)18-12-30)57-45(63)38(53)28-33-29-54-39-8-2-1-7-37(33)39/h1-2,7-8,11-22,29,38,40-44,54,60-62H,3-6,9-10,23-28,51-53H2,(H,55,65)(H,56,64)(H,57,63)(H,58,67)(H,59,66)(H,68,69)/t38-,40-,41-,42-,43-,44-/m0/s1. The maximum atomic E-state index is 14.6. The minimum atomic E-state index is -1.41. The van der Waals surface area contributed by atoms with Crippen molar-refractivity contribution < 1.29 is 49.2 Å². The fourth-order valence-corrected chi connectivity index (χ4v) is 7.74. The van der Waals surface area contributed by atoms with Crippen LogP contribution in [-0.4, -0.2) is 110 Å². The van der Waals surface area contributed by atoms with Crippen LogP contribution in [0, 0.1) is 0 Å². The Bertz CT molecular complexity index is 2480. The van der Waals surface area contributed by atoms with Crippen LogP contribution in [0.3, 0.4) is 0 Å². The Labute approximate surface area is 399 Å². The number of nitrogens with one attached hydrogen (secondary N) is 6. The van der Waals surface area contributed by atoms with E-state index in [0.29, 0.717) is 55.5 Å². The molecule has 1 heterocycles. The van der Waals surface area contributed by atoms with Crippen LogP contribution in [0.4, 0.5) is 0 Å². The van der Waals surface area contributed by atoms with Crippen LogP contribution in [0.25, 0.3) is 10.9 Å².